The van der Waals surface area contributed by atoms with E-state index in [9.17, 15) is 5.11 Å². The minimum atomic E-state index is -0.733. The zero-order chi connectivity index (χ0) is 14.9. The fourth-order valence-corrected chi connectivity index (χ4v) is 4.06. The second-order valence-electron chi connectivity index (χ2n) is 6.85. The van der Waals surface area contributed by atoms with E-state index in [0.717, 1.165) is 41.8 Å². The van der Waals surface area contributed by atoms with Crippen molar-refractivity contribution >= 4 is 15.9 Å². The molecule has 0 aliphatic heterocycles. The Morgan fingerprint density at radius 3 is 2.60 bits per heavy atom. The number of nitrogens with zero attached hydrogens (tertiary/aromatic N) is 2. The number of hydrogen-bond acceptors (Lipinski definition) is 2. The van der Waals surface area contributed by atoms with Gasteiger partial charge in [-0.25, -0.2) is 0 Å². The second kappa shape index (κ2) is 6.18. The van der Waals surface area contributed by atoms with Crippen molar-refractivity contribution in [2.45, 2.75) is 71.4 Å². The van der Waals surface area contributed by atoms with E-state index in [1.54, 1.807) is 0 Å². The molecular formula is C16H27BrN2O. The molecular weight excluding hydrogens is 316 g/mol. The smallest absolute Gasteiger partial charge is 0.107 e. The van der Waals surface area contributed by atoms with Gasteiger partial charge in [0.15, 0.2) is 0 Å². The first-order chi connectivity index (χ1) is 9.35. The summed E-state index contributed by atoms with van der Waals surface area (Å²) in [5.41, 5.74) is 0.236. The molecule has 1 heterocycles. The predicted octanol–water partition coefficient (Wildman–Crippen LogP) is 4.65. The van der Waals surface area contributed by atoms with Crippen LogP contribution in [-0.2, 0) is 5.60 Å². The van der Waals surface area contributed by atoms with E-state index in [1.807, 2.05) is 10.9 Å². The molecule has 0 aromatic carbocycles. The van der Waals surface area contributed by atoms with Gasteiger partial charge in [-0.05, 0) is 67.3 Å². The van der Waals surface area contributed by atoms with Crippen LogP contribution in [0.25, 0.3) is 0 Å². The SMILES string of the molecule is CC(C)C1CCCC(O)(c2c(Br)cnn2C(C)C)CC1. The monoisotopic (exact) mass is 342 g/mol. The van der Waals surface area contributed by atoms with Gasteiger partial charge in [-0.15, -0.1) is 0 Å². The van der Waals surface area contributed by atoms with E-state index >= 15 is 0 Å². The first kappa shape index (κ1) is 16.0. The molecule has 1 N–H and O–H groups in total. The molecule has 1 aliphatic carbocycles. The molecule has 0 spiro atoms. The van der Waals surface area contributed by atoms with Crippen LogP contribution < -0.4 is 0 Å². The number of rotatable bonds is 3. The van der Waals surface area contributed by atoms with Gasteiger partial charge >= 0.3 is 0 Å². The molecule has 0 saturated heterocycles. The molecule has 4 heteroatoms. The Morgan fingerprint density at radius 2 is 2.00 bits per heavy atom. The summed E-state index contributed by atoms with van der Waals surface area (Å²) < 4.78 is 2.91. The van der Waals surface area contributed by atoms with Crippen LogP contribution in [0.3, 0.4) is 0 Å². The van der Waals surface area contributed by atoms with Gasteiger partial charge in [0.05, 0.1) is 16.4 Å². The Hall–Kier alpha value is -0.350. The first-order valence-corrected chi connectivity index (χ1v) is 8.60. The third-order valence-electron chi connectivity index (χ3n) is 4.72. The fourth-order valence-electron chi connectivity index (χ4n) is 3.42. The standard InChI is InChI=1S/C16H27BrN2O/c1-11(2)13-6-5-8-16(20,9-7-13)15-14(17)10-18-19(15)12(3)4/h10-13,20H,5-9H2,1-4H3. The lowest BCUT2D eigenvalue weighted by atomic mass is 9.86. The highest BCUT2D eigenvalue weighted by Gasteiger charge is 2.38. The van der Waals surface area contributed by atoms with Crippen LogP contribution in [0.15, 0.2) is 10.7 Å². The topological polar surface area (TPSA) is 38.1 Å². The molecule has 2 rings (SSSR count). The van der Waals surface area contributed by atoms with Crippen molar-refractivity contribution in [1.82, 2.24) is 9.78 Å². The molecule has 1 aromatic rings. The van der Waals surface area contributed by atoms with Crippen molar-refractivity contribution in [3.8, 4) is 0 Å². The van der Waals surface area contributed by atoms with Crippen LogP contribution in [0.1, 0.15) is 71.5 Å². The van der Waals surface area contributed by atoms with Crippen molar-refractivity contribution in [3.05, 3.63) is 16.4 Å². The summed E-state index contributed by atoms with van der Waals surface area (Å²) in [5.74, 6) is 1.44. The second-order valence-corrected chi connectivity index (χ2v) is 7.70. The van der Waals surface area contributed by atoms with Gasteiger partial charge in [0, 0.05) is 6.04 Å². The molecule has 20 heavy (non-hydrogen) atoms. The number of aliphatic hydroxyl groups is 1. The van der Waals surface area contributed by atoms with E-state index in [2.05, 4.69) is 48.7 Å². The Bertz CT molecular complexity index is 455. The van der Waals surface area contributed by atoms with Crippen molar-refractivity contribution < 1.29 is 5.11 Å². The molecule has 3 nitrogen and oxygen atoms in total. The fraction of sp³-hybridized carbons (Fsp3) is 0.812. The zero-order valence-corrected chi connectivity index (χ0v) is 14.7. The molecule has 0 amide bonds. The van der Waals surface area contributed by atoms with Gasteiger partial charge < -0.3 is 5.11 Å². The maximum Gasteiger partial charge on any atom is 0.107 e. The Kier molecular flexibility index (Phi) is 4.96. The first-order valence-electron chi connectivity index (χ1n) is 7.81. The molecule has 114 valence electrons. The Morgan fingerprint density at radius 1 is 1.30 bits per heavy atom. The van der Waals surface area contributed by atoms with Crippen LogP contribution in [0.4, 0.5) is 0 Å². The van der Waals surface area contributed by atoms with E-state index in [4.69, 9.17) is 0 Å². The lowest BCUT2D eigenvalue weighted by molar-refractivity contribution is 0.00859. The highest BCUT2D eigenvalue weighted by Crippen LogP contribution is 2.42. The van der Waals surface area contributed by atoms with Crippen molar-refractivity contribution in [3.63, 3.8) is 0 Å². The summed E-state index contributed by atoms with van der Waals surface area (Å²) in [6, 6.07) is 0.268. The summed E-state index contributed by atoms with van der Waals surface area (Å²) in [6.07, 6.45) is 6.92. The molecule has 1 fully saturated rings. The van der Waals surface area contributed by atoms with E-state index < -0.39 is 5.60 Å². The van der Waals surface area contributed by atoms with E-state index in [0.29, 0.717) is 5.92 Å². The maximum atomic E-state index is 11.2. The van der Waals surface area contributed by atoms with Gasteiger partial charge in [0.2, 0.25) is 0 Å². The summed E-state index contributed by atoms with van der Waals surface area (Å²) in [4.78, 5) is 0. The van der Waals surface area contributed by atoms with Crippen LogP contribution in [0.5, 0.6) is 0 Å². The van der Waals surface area contributed by atoms with Crippen LogP contribution in [-0.4, -0.2) is 14.9 Å². The van der Waals surface area contributed by atoms with Gasteiger partial charge in [-0.2, -0.15) is 5.10 Å². The van der Waals surface area contributed by atoms with Gasteiger partial charge in [-0.1, -0.05) is 20.3 Å². The lowest BCUT2D eigenvalue weighted by Crippen LogP contribution is -2.30. The predicted molar refractivity (Wildman–Crippen MR) is 85.6 cm³/mol. The maximum absolute atomic E-state index is 11.2. The summed E-state index contributed by atoms with van der Waals surface area (Å²) >= 11 is 3.58. The Labute approximate surface area is 130 Å². The van der Waals surface area contributed by atoms with Gasteiger partial charge in [0.1, 0.15) is 5.60 Å². The number of aromatic nitrogens is 2. The van der Waals surface area contributed by atoms with E-state index in [-0.39, 0.29) is 6.04 Å². The molecule has 0 radical (unpaired) electrons. The third kappa shape index (κ3) is 3.11. The summed E-state index contributed by atoms with van der Waals surface area (Å²) in [7, 11) is 0. The van der Waals surface area contributed by atoms with Crippen LogP contribution >= 0.6 is 15.9 Å². The quantitative estimate of drug-likeness (QED) is 0.811. The summed E-state index contributed by atoms with van der Waals surface area (Å²) in [6.45, 7) is 8.81. The average molecular weight is 343 g/mol. The molecule has 0 bridgehead atoms. The third-order valence-corrected chi connectivity index (χ3v) is 5.30. The normalized spacial score (nSPS) is 28.1. The highest BCUT2D eigenvalue weighted by molar-refractivity contribution is 9.10. The number of halogens is 1. The largest absolute Gasteiger partial charge is 0.384 e. The minimum absolute atomic E-state index is 0.268. The van der Waals surface area contributed by atoms with Crippen molar-refractivity contribution in [1.29, 1.82) is 0 Å². The van der Waals surface area contributed by atoms with Gasteiger partial charge in [0.25, 0.3) is 0 Å². The molecule has 2 unspecified atom stereocenters. The highest BCUT2D eigenvalue weighted by atomic mass is 79.9. The van der Waals surface area contributed by atoms with Crippen LogP contribution in [0.2, 0.25) is 0 Å². The van der Waals surface area contributed by atoms with Crippen molar-refractivity contribution in [2.75, 3.05) is 0 Å². The van der Waals surface area contributed by atoms with E-state index in [1.165, 1.54) is 6.42 Å². The summed E-state index contributed by atoms with van der Waals surface area (Å²) in [5, 5.41) is 15.7. The molecule has 1 aromatic heterocycles. The molecule has 2 atom stereocenters. The molecule has 1 aliphatic rings. The number of hydrogen-bond donors (Lipinski definition) is 1. The Balaban J connectivity index is 2.29. The zero-order valence-electron chi connectivity index (χ0n) is 13.1. The molecule has 1 saturated carbocycles. The van der Waals surface area contributed by atoms with Gasteiger partial charge in [-0.3, -0.25) is 4.68 Å². The minimum Gasteiger partial charge on any atom is -0.384 e. The average Bonchev–Trinajstić information content (AvgIpc) is 2.64. The van der Waals surface area contributed by atoms with Crippen LogP contribution in [0, 0.1) is 11.8 Å². The van der Waals surface area contributed by atoms with Crippen molar-refractivity contribution in [2.24, 2.45) is 11.8 Å². The lowest BCUT2D eigenvalue weighted by Gasteiger charge is -2.29.